The zero-order valence-electron chi connectivity index (χ0n) is 45.0. The first kappa shape index (κ1) is 61.1. The average Bonchev–Trinajstić information content (AvgIpc) is 4.02. The van der Waals surface area contributed by atoms with E-state index in [1.165, 1.54) is 31.2 Å². The second-order valence-electron chi connectivity index (χ2n) is 20.9. The Morgan fingerprint density at radius 2 is 1.15 bits per heavy atom. The molecule has 0 radical (unpaired) electrons. The topological polar surface area (TPSA) is 377 Å². The minimum Gasteiger partial charge on any atom is -0.508 e. The lowest BCUT2D eigenvalue weighted by molar-refractivity contribution is -0.150. The molecule has 24 heteroatoms. The van der Waals surface area contributed by atoms with Crippen LogP contribution < -0.4 is 31.3 Å². The van der Waals surface area contributed by atoms with Gasteiger partial charge in [0.15, 0.2) is 6.23 Å². The van der Waals surface area contributed by atoms with Crippen LogP contribution in [0.15, 0.2) is 97.1 Å². The van der Waals surface area contributed by atoms with Gasteiger partial charge in [0, 0.05) is 31.0 Å². The summed E-state index contributed by atoms with van der Waals surface area (Å²) in [6, 6.07) is 13.9. The Balaban J connectivity index is 1.19. The van der Waals surface area contributed by atoms with E-state index in [2.05, 4.69) is 33.5 Å². The molecule has 0 aliphatic carbocycles. The van der Waals surface area contributed by atoms with E-state index >= 15 is 0 Å². The Kier molecular flexibility index (Phi) is 20.2. The molecule has 7 rings (SSSR count). The van der Waals surface area contributed by atoms with Crippen LogP contribution in [0.5, 0.6) is 11.5 Å². The van der Waals surface area contributed by atoms with Crippen molar-refractivity contribution in [2.75, 3.05) is 19.7 Å². The van der Waals surface area contributed by atoms with Gasteiger partial charge in [-0.1, -0.05) is 87.4 Å². The van der Waals surface area contributed by atoms with Crippen LogP contribution in [0.2, 0.25) is 0 Å². The van der Waals surface area contributed by atoms with Crippen molar-refractivity contribution in [3.8, 4) is 33.8 Å². The Hall–Kier alpha value is -7.55. The van der Waals surface area contributed by atoms with Crippen LogP contribution in [0.1, 0.15) is 75.4 Å². The number of amides is 7. The van der Waals surface area contributed by atoms with Gasteiger partial charge in [-0.3, -0.25) is 33.6 Å². The number of phenols is 1. The maximum Gasteiger partial charge on any atom is 0.252 e. The van der Waals surface area contributed by atoms with Crippen LogP contribution in [0.25, 0.3) is 22.3 Å². The summed E-state index contributed by atoms with van der Waals surface area (Å²) in [4.78, 5) is 102. The summed E-state index contributed by atoms with van der Waals surface area (Å²) in [7, 11) is 0. The molecular weight excluding hydrogens is 1050 g/mol. The van der Waals surface area contributed by atoms with Gasteiger partial charge in [0.1, 0.15) is 66.1 Å². The van der Waals surface area contributed by atoms with Crippen LogP contribution in [0.3, 0.4) is 0 Å². The van der Waals surface area contributed by atoms with Gasteiger partial charge >= 0.3 is 0 Å². The Bertz CT molecular complexity index is 2860. The Labute approximate surface area is 466 Å². The molecule has 3 unspecified atom stereocenters. The zero-order valence-corrected chi connectivity index (χ0v) is 45.0. The third-order valence-corrected chi connectivity index (χ3v) is 14.8. The van der Waals surface area contributed by atoms with E-state index in [-0.39, 0.29) is 16.9 Å². The molecule has 81 heavy (non-hydrogen) atoms. The first-order valence-corrected chi connectivity index (χ1v) is 26.8. The van der Waals surface area contributed by atoms with Crippen molar-refractivity contribution in [1.29, 1.82) is 0 Å². The summed E-state index contributed by atoms with van der Waals surface area (Å²) in [6.45, 7) is 5.34. The molecular formula is C57H71N7O17. The predicted molar refractivity (Wildman–Crippen MR) is 289 cm³/mol. The molecule has 3 saturated heterocycles. The molecule has 0 spiro atoms. The number of aromatic hydroxyl groups is 1. The SMILES string of the molecule is CCCCCOc1ccc(-c2ccc(-c3ccc(C(=O)N[C@H]4C(=O)N[C@@H](C(C)O)C(=O)N5C[C@H](O)CC5C(=O)N[C@@H]([C@H](O)[C@@H](O)c5ccc(O)cc5)C(=O)N[C@@H](C(C)O)C(=O)N5C[C@H](C)[C@H](O)[C@H]5C(=O)N[C@H](O)[C@H]4O)cc3)cc2)cc1. The highest BCUT2D eigenvalue weighted by Crippen LogP contribution is 2.30. The van der Waals surface area contributed by atoms with Crippen molar-refractivity contribution in [2.24, 2.45) is 5.92 Å². The highest BCUT2D eigenvalue weighted by atomic mass is 16.5. The molecule has 15 atom stereocenters. The van der Waals surface area contributed by atoms with E-state index in [1.54, 1.807) is 12.1 Å². The summed E-state index contributed by atoms with van der Waals surface area (Å²) >= 11 is 0. The number of benzene rings is 4. The van der Waals surface area contributed by atoms with E-state index in [0.717, 1.165) is 77.5 Å². The van der Waals surface area contributed by atoms with Crippen molar-refractivity contribution in [2.45, 2.75) is 139 Å². The Morgan fingerprint density at radius 1 is 0.630 bits per heavy atom. The molecule has 3 fully saturated rings. The van der Waals surface area contributed by atoms with Crippen molar-refractivity contribution < 1.29 is 84.3 Å². The number of unbranched alkanes of at least 4 members (excludes halogenated alkanes) is 2. The van der Waals surface area contributed by atoms with Crippen LogP contribution >= 0.6 is 0 Å². The fourth-order valence-electron chi connectivity index (χ4n) is 10.1. The average molecular weight is 1130 g/mol. The number of nitrogens with zero attached hydrogens (tertiary/aromatic N) is 2. The van der Waals surface area contributed by atoms with Crippen molar-refractivity contribution in [3.63, 3.8) is 0 Å². The number of aliphatic hydroxyl groups is 8. The lowest BCUT2D eigenvalue weighted by atomic mass is 9.96. The first-order chi connectivity index (χ1) is 38.5. The van der Waals surface area contributed by atoms with Gasteiger partial charge < -0.3 is 87.1 Å². The molecule has 14 N–H and O–H groups in total. The minimum atomic E-state index is -2.51. The highest BCUT2D eigenvalue weighted by Gasteiger charge is 2.51. The monoisotopic (exact) mass is 1130 g/mol. The molecule has 0 aromatic heterocycles. The molecule has 3 heterocycles. The Morgan fingerprint density at radius 3 is 1.70 bits per heavy atom. The number of fused-ring (bicyclic) bond motifs is 2. The second kappa shape index (κ2) is 26.8. The van der Waals surface area contributed by atoms with E-state index in [1.807, 2.05) is 48.5 Å². The predicted octanol–water partition coefficient (Wildman–Crippen LogP) is -1.32. The number of ether oxygens (including phenoxy) is 1. The number of hydrogen-bond donors (Lipinski definition) is 14. The van der Waals surface area contributed by atoms with Crippen molar-refractivity contribution >= 4 is 41.4 Å². The largest absolute Gasteiger partial charge is 0.508 e. The van der Waals surface area contributed by atoms with Gasteiger partial charge in [0.25, 0.3) is 5.91 Å². The lowest BCUT2D eigenvalue weighted by Gasteiger charge is -2.35. The van der Waals surface area contributed by atoms with Gasteiger partial charge in [-0.25, -0.2) is 0 Å². The van der Waals surface area contributed by atoms with Crippen LogP contribution in [-0.2, 0) is 28.8 Å². The van der Waals surface area contributed by atoms with Gasteiger partial charge in [0.05, 0.1) is 31.0 Å². The normalized spacial score (nSPS) is 27.6. The molecule has 24 nitrogen and oxygen atoms in total. The number of aliphatic hydroxyl groups excluding tert-OH is 8. The van der Waals surface area contributed by atoms with Gasteiger partial charge in [-0.2, -0.15) is 0 Å². The van der Waals surface area contributed by atoms with Crippen LogP contribution in [0.4, 0.5) is 0 Å². The summed E-state index contributed by atoms with van der Waals surface area (Å²) < 4.78 is 5.84. The molecule has 3 aliphatic rings. The number of carbonyl (C=O) groups excluding carboxylic acids is 7. The number of nitrogens with one attached hydrogen (secondary N) is 5. The number of phenolic OH excluding ortho intramolecular Hbond substituents is 1. The minimum absolute atomic E-state index is 0.0728. The van der Waals surface area contributed by atoms with Crippen LogP contribution in [0, 0.1) is 5.92 Å². The molecule has 4 aromatic rings. The quantitative estimate of drug-likeness (QED) is 0.0652. The summed E-state index contributed by atoms with van der Waals surface area (Å²) in [5.74, 6) is -9.21. The molecule has 4 aromatic carbocycles. The van der Waals surface area contributed by atoms with Gasteiger partial charge in [-0.15, -0.1) is 0 Å². The summed E-state index contributed by atoms with van der Waals surface area (Å²) in [5, 5.41) is 111. The highest BCUT2D eigenvalue weighted by molar-refractivity contribution is 6.00. The standard InChI is InChI=1S/C57H71N7O17/c1-5-6-7-24-81-39-22-18-34(19-23-39)32-10-8-31(9-11-32)33-12-14-36(15-13-33)50(73)60-44-49(72)55(78)62-54(77)45-46(69)28(2)26-64(45)57(80)42(30(4)66)59-52(75)43(48(71)47(70)35-16-20-37(67)21-17-35)61-51(74)40-25-38(68)27-63(40)56(79)41(29(3)65)58-53(44)76/h8-23,28-30,38,40-49,55,65-72,78H,5-7,24-27H2,1-4H3,(H,58,76)(H,59,75)(H,60,73)(H,61,74)(H,62,77)/t28-,29?,30?,38+,40?,41-,42-,43-,44+,45-,46-,47-,48-,49-,55+/m0/s1. The third-order valence-electron chi connectivity index (χ3n) is 14.8. The van der Waals surface area contributed by atoms with E-state index in [0.29, 0.717) is 12.2 Å². The zero-order chi connectivity index (χ0) is 59.0. The maximum absolute atomic E-state index is 14.5. The van der Waals surface area contributed by atoms with Gasteiger partial charge in [0.2, 0.25) is 35.4 Å². The first-order valence-electron chi connectivity index (χ1n) is 26.8. The molecule has 7 amide bonds. The molecule has 436 valence electrons. The summed E-state index contributed by atoms with van der Waals surface area (Å²) in [5.41, 5.74) is 3.21. The summed E-state index contributed by atoms with van der Waals surface area (Å²) in [6.07, 6.45) is -13.5. The fraction of sp³-hybridized carbons (Fsp3) is 0.456. The van der Waals surface area contributed by atoms with E-state index in [9.17, 15) is 79.5 Å². The maximum atomic E-state index is 14.5. The number of hydrogen-bond acceptors (Lipinski definition) is 17. The number of rotatable bonds is 14. The van der Waals surface area contributed by atoms with Crippen molar-refractivity contribution in [3.05, 3.63) is 108 Å². The second-order valence-corrected chi connectivity index (χ2v) is 20.9. The molecule has 0 saturated carbocycles. The van der Waals surface area contributed by atoms with Crippen molar-refractivity contribution in [1.82, 2.24) is 36.4 Å². The van der Waals surface area contributed by atoms with E-state index in [4.69, 9.17) is 4.74 Å². The molecule has 0 bridgehead atoms. The van der Waals surface area contributed by atoms with Crippen LogP contribution in [-0.4, -0.2) is 196 Å². The third kappa shape index (κ3) is 14.3. The van der Waals surface area contributed by atoms with Gasteiger partial charge in [-0.05, 0) is 84.5 Å². The van der Waals surface area contributed by atoms with E-state index < -0.39 is 152 Å². The fourth-order valence-corrected chi connectivity index (χ4v) is 10.1. The number of carbonyl (C=O) groups is 7. The smallest absolute Gasteiger partial charge is 0.252 e. The molecule has 3 aliphatic heterocycles. The lowest BCUT2D eigenvalue weighted by Crippen LogP contribution is -2.66.